The smallest absolute Gasteiger partial charge is 0.274 e. The summed E-state index contributed by atoms with van der Waals surface area (Å²) in [5.74, 6) is 0. The van der Waals surface area contributed by atoms with Crippen molar-refractivity contribution in [2.24, 2.45) is 0 Å². The van der Waals surface area contributed by atoms with E-state index in [1.54, 1.807) is 18.2 Å². The van der Waals surface area contributed by atoms with Gasteiger partial charge < -0.3 is 5.32 Å². The maximum atomic E-state index is 11.0. The van der Waals surface area contributed by atoms with E-state index in [0.29, 0.717) is 0 Å². The summed E-state index contributed by atoms with van der Waals surface area (Å²) in [5.41, 5.74) is 3.21. The molecule has 1 unspecified atom stereocenters. The second kappa shape index (κ2) is 6.99. The van der Waals surface area contributed by atoms with E-state index in [1.807, 2.05) is 26.1 Å². The summed E-state index contributed by atoms with van der Waals surface area (Å²) in [6.45, 7) is 4.76. The van der Waals surface area contributed by atoms with Crippen LogP contribution in [0, 0.1) is 17.0 Å². The molecule has 0 fully saturated rings. The van der Waals surface area contributed by atoms with E-state index in [0.717, 1.165) is 30.6 Å². The number of hydrogen-bond donors (Lipinski definition) is 2. The number of benzene rings is 1. The molecule has 21 heavy (non-hydrogen) atoms. The molecule has 0 aliphatic carbocycles. The molecule has 1 heterocycles. The van der Waals surface area contributed by atoms with Gasteiger partial charge in [-0.2, -0.15) is 5.10 Å². The second-order valence-electron chi connectivity index (χ2n) is 5.12. The number of aromatic nitrogens is 2. The van der Waals surface area contributed by atoms with Crippen molar-refractivity contribution in [2.45, 2.75) is 32.7 Å². The number of H-pyrrole nitrogens is 1. The fourth-order valence-electron chi connectivity index (χ4n) is 2.36. The topological polar surface area (TPSA) is 83.8 Å². The van der Waals surface area contributed by atoms with E-state index in [-0.39, 0.29) is 16.7 Å². The highest BCUT2D eigenvalue weighted by Gasteiger charge is 2.17. The van der Waals surface area contributed by atoms with Gasteiger partial charge in [-0.05, 0) is 38.8 Å². The summed E-state index contributed by atoms with van der Waals surface area (Å²) < 4.78 is 0. The number of nitrogens with one attached hydrogen (secondary N) is 2. The first kappa shape index (κ1) is 15.2. The highest BCUT2D eigenvalue weighted by atomic mass is 16.6. The van der Waals surface area contributed by atoms with E-state index >= 15 is 0 Å². The zero-order valence-corrected chi connectivity index (χ0v) is 12.3. The summed E-state index contributed by atoms with van der Waals surface area (Å²) in [6, 6.07) is 6.82. The van der Waals surface area contributed by atoms with Crippen molar-refractivity contribution in [1.29, 1.82) is 0 Å². The molecule has 0 aliphatic rings. The van der Waals surface area contributed by atoms with Crippen molar-refractivity contribution >= 4 is 5.69 Å². The highest BCUT2D eigenvalue weighted by Crippen LogP contribution is 2.24. The van der Waals surface area contributed by atoms with E-state index in [4.69, 9.17) is 0 Å². The van der Waals surface area contributed by atoms with Gasteiger partial charge in [-0.3, -0.25) is 15.2 Å². The standard InChI is InChI=1S/C15H20N4O2/c1-11-13(10-17-18-11)6-5-9-16-12(2)14-7-3-4-8-15(14)19(20)21/h3-4,7-8,10,12,16H,5-6,9H2,1-2H3,(H,17,18). The van der Waals surface area contributed by atoms with Crippen molar-refractivity contribution < 1.29 is 4.92 Å². The second-order valence-corrected chi connectivity index (χ2v) is 5.12. The van der Waals surface area contributed by atoms with Gasteiger partial charge in [0.2, 0.25) is 0 Å². The Bertz CT molecular complexity index is 609. The van der Waals surface area contributed by atoms with Crippen molar-refractivity contribution in [2.75, 3.05) is 6.54 Å². The van der Waals surface area contributed by atoms with Crippen molar-refractivity contribution in [3.05, 3.63) is 57.4 Å². The molecule has 0 radical (unpaired) electrons. The third kappa shape index (κ3) is 3.88. The van der Waals surface area contributed by atoms with Crippen LogP contribution in [0.4, 0.5) is 5.69 Å². The fourth-order valence-corrected chi connectivity index (χ4v) is 2.36. The van der Waals surface area contributed by atoms with E-state index in [1.165, 1.54) is 5.56 Å². The number of rotatable bonds is 7. The van der Waals surface area contributed by atoms with E-state index < -0.39 is 0 Å². The molecule has 2 rings (SSSR count). The van der Waals surface area contributed by atoms with Crippen molar-refractivity contribution in [3.8, 4) is 0 Å². The van der Waals surface area contributed by atoms with Crippen LogP contribution >= 0.6 is 0 Å². The third-order valence-electron chi connectivity index (χ3n) is 3.61. The minimum atomic E-state index is -0.331. The maximum Gasteiger partial charge on any atom is 0.274 e. The van der Waals surface area contributed by atoms with Gasteiger partial charge in [-0.15, -0.1) is 0 Å². The molecular formula is C15H20N4O2. The molecule has 0 saturated heterocycles. The van der Waals surface area contributed by atoms with Gasteiger partial charge in [0.25, 0.3) is 5.69 Å². The SMILES string of the molecule is Cc1[nH]ncc1CCCNC(C)c1ccccc1[N+](=O)[O-]. The van der Waals surface area contributed by atoms with Crippen LogP contribution in [0.25, 0.3) is 0 Å². The Labute approximate surface area is 123 Å². The van der Waals surface area contributed by atoms with Crippen LogP contribution in [-0.4, -0.2) is 21.7 Å². The predicted octanol–water partition coefficient (Wildman–Crippen LogP) is 2.91. The van der Waals surface area contributed by atoms with Crippen LogP contribution in [0.5, 0.6) is 0 Å². The monoisotopic (exact) mass is 288 g/mol. The molecule has 1 aromatic heterocycles. The average Bonchev–Trinajstić information content (AvgIpc) is 2.88. The van der Waals surface area contributed by atoms with Crippen molar-refractivity contribution in [1.82, 2.24) is 15.5 Å². The molecule has 0 amide bonds. The Kier molecular flexibility index (Phi) is 5.05. The number of aromatic amines is 1. The minimum Gasteiger partial charge on any atom is -0.310 e. The molecule has 2 aromatic rings. The van der Waals surface area contributed by atoms with Crippen LogP contribution in [0.1, 0.15) is 36.2 Å². The third-order valence-corrected chi connectivity index (χ3v) is 3.61. The number of nitrogens with zero attached hydrogens (tertiary/aromatic N) is 2. The van der Waals surface area contributed by atoms with Crippen LogP contribution in [0.3, 0.4) is 0 Å². The Morgan fingerprint density at radius 2 is 2.19 bits per heavy atom. The molecule has 2 N–H and O–H groups in total. The molecule has 0 bridgehead atoms. The van der Waals surface area contributed by atoms with Gasteiger partial charge in [0.15, 0.2) is 0 Å². The quantitative estimate of drug-likeness (QED) is 0.466. The lowest BCUT2D eigenvalue weighted by Gasteiger charge is -2.14. The van der Waals surface area contributed by atoms with Crippen molar-refractivity contribution in [3.63, 3.8) is 0 Å². The lowest BCUT2D eigenvalue weighted by atomic mass is 10.1. The van der Waals surface area contributed by atoms with E-state index in [2.05, 4.69) is 15.5 Å². The minimum absolute atomic E-state index is 0.0444. The molecule has 112 valence electrons. The number of hydrogen-bond acceptors (Lipinski definition) is 4. The molecule has 6 nitrogen and oxygen atoms in total. The Hall–Kier alpha value is -2.21. The van der Waals surface area contributed by atoms with Crippen LogP contribution < -0.4 is 5.32 Å². The van der Waals surface area contributed by atoms with Gasteiger partial charge in [0.05, 0.1) is 11.1 Å². The Balaban J connectivity index is 1.86. The zero-order chi connectivity index (χ0) is 15.2. The van der Waals surface area contributed by atoms with Gasteiger partial charge in [0.1, 0.15) is 0 Å². The summed E-state index contributed by atoms with van der Waals surface area (Å²) in [7, 11) is 0. The summed E-state index contributed by atoms with van der Waals surface area (Å²) in [6.07, 6.45) is 3.76. The number of aryl methyl sites for hydroxylation is 2. The first-order chi connectivity index (χ1) is 10.1. The van der Waals surface area contributed by atoms with Gasteiger partial charge in [-0.25, -0.2) is 0 Å². The fraction of sp³-hybridized carbons (Fsp3) is 0.400. The molecular weight excluding hydrogens is 268 g/mol. The van der Waals surface area contributed by atoms with Crippen LogP contribution in [-0.2, 0) is 6.42 Å². The highest BCUT2D eigenvalue weighted by molar-refractivity contribution is 5.41. The molecule has 0 saturated carbocycles. The van der Waals surface area contributed by atoms with Gasteiger partial charge in [-0.1, -0.05) is 18.2 Å². The largest absolute Gasteiger partial charge is 0.310 e. The maximum absolute atomic E-state index is 11.0. The van der Waals surface area contributed by atoms with Crippen LogP contribution in [0.15, 0.2) is 30.5 Å². The zero-order valence-electron chi connectivity index (χ0n) is 12.3. The number of para-hydroxylation sites is 1. The van der Waals surface area contributed by atoms with Crippen LogP contribution in [0.2, 0.25) is 0 Å². The average molecular weight is 288 g/mol. The Morgan fingerprint density at radius 1 is 1.43 bits per heavy atom. The summed E-state index contributed by atoms with van der Waals surface area (Å²) in [4.78, 5) is 10.7. The molecule has 0 aliphatic heterocycles. The molecule has 1 atom stereocenters. The summed E-state index contributed by atoms with van der Waals surface area (Å²) in [5, 5.41) is 21.3. The van der Waals surface area contributed by atoms with E-state index in [9.17, 15) is 10.1 Å². The molecule has 1 aromatic carbocycles. The first-order valence-electron chi connectivity index (χ1n) is 7.05. The van der Waals surface area contributed by atoms with Gasteiger partial charge >= 0.3 is 0 Å². The Morgan fingerprint density at radius 3 is 2.86 bits per heavy atom. The molecule has 6 heteroatoms. The van der Waals surface area contributed by atoms with Gasteiger partial charge in [0, 0.05) is 23.4 Å². The summed E-state index contributed by atoms with van der Waals surface area (Å²) >= 11 is 0. The number of nitro benzene ring substituents is 1. The molecule has 0 spiro atoms. The first-order valence-corrected chi connectivity index (χ1v) is 7.05. The normalized spacial score (nSPS) is 12.3. The lowest BCUT2D eigenvalue weighted by Crippen LogP contribution is -2.21. The lowest BCUT2D eigenvalue weighted by molar-refractivity contribution is -0.385. The number of nitro groups is 1. The predicted molar refractivity (Wildman–Crippen MR) is 81.2 cm³/mol.